The first-order valence-electron chi connectivity index (χ1n) is 7.68. The number of thiocarbonyl (C=S) groups is 1. The Kier molecular flexibility index (Phi) is 11.6. The molecule has 0 bridgehead atoms. The van der Waals surface area contributed by atoms with Crippen LogP contribution in [0.2, 0.25) is 0 Å². The maximum Gasteiger partial charge on any atom is 0.166 e. The summed E-state index contributed by atoms with van der Waals surface area (Å²) in [6, 6.07) is 0. The van der Waals surface area contributed by atoms with Crippen molar-refractivity contribution in [2.75, 3.05) is 26.3 Å². The van der Waals surface area contributed by atoms with Gasteiger partial charge in [-0.25, -0.2) is 0 Å². The standard InChI is InChI=1S/C13H28N2O10S/c14-13(26)15(1-5(18)9(22)11(24)7(20)3-16)2-6(19)10(23)12(25)8(21)4-17/h5-12,16-25H,1-4H2,(H2,14,26). The molecule has 0 saturated carbocycles. The van der Waals surface area contributed by atoms with Gasteiger partial charge < -0.3 is 61.7 Å². The first kappa shape index (κ1) is 25.3. The van der Waals surface area contributed by atoms with E-state index in [1.54, 1.807) is 0 Å². The zero-order valence-electron chi connectivity index (χ0n) is 13.9. The van der Waals surface area contributed by atoms with Crippen molar-refractivity contribution in [1.82, 2.24) is 4.90 Å². The predicted molar refractivity (Wildman–Crippen MR) is 90.6 cm³/mol. The molecule has 8 unspecified atom stereocenters. The Morgan fingerprint density at radius 2 is 0.923 bits per heavy atom. The number of hydrogen-bond donors (Lipinski definition) is 11. The summed E-state index contributed by atoms with van der Waals surface area (Å²) in [7, 11) is 0. The van der Waals surface area contributed by atoms with Gasteiger partial charge in [0, 0.05) is 13.1 Å². The van der Waals surface area contributed by atoms with Crippen LogP contribution in [0.4, 0.5) is 0 Å². The monoisotopic (exact) mass is 404 g/mol. The van der Waals surface area contributed by atoms with Crippen LogP contribution in [-0.4, -0.2) is 136 Å². The zero-order valence-corrected chi connectivity index (χ0v) is 14.7. The molecule has 0 amide bonds. The fourth-order valence-electron chi connectivity index (χ4n) is 2.05. The minimum atomic E-state index is -1.89. The van der Waals surface area contributed by atoms with E-state index in [0.717, 1.165) is 4.90 Å². The van der Waals surface area contributed by atoms with E-state index in [9.17, 15) is 40.9 Å². The number of nitrogens with zero attached hydrogens (tertiary/aromatic N) is 1. The van der Waals surface area contributed by atoms with Gasteiger partial charge in [0.05, 0.1) is 13.2 Å². The van der Waals surface area contributed by atoms with Crippen LogP contribution in [0.3, 0.4) is 0 Å². The number of hydrogen-bond acceptors (Lipinski definition) is 11. The van der Waals surface area contributed by atoms with Crippen LogP contribution < -0.4 is 5.73 Å². The Hall–Kier alpha value is -0.710. The molecule has 0 aromatic carbocycles. The van der Waals surface area contributed by atoms with Crippen molar-refractivity contribution in [1.29, 1.82) is 0 Å². The molecule has 0 aromatic rings. The summed E-state index contributed by atoms with van der Waals surface area (Å²) in [5.41, 5.74) is 5.43. The smallest absolute Gasteiger partial charge is 0.166 e. The number of aliphatic hydroxyl groups is 10. The van der Waals surface area contributed by atoms with Crippen molar-refractivity contribution < 1.29 is 51.1 Å². The average molecular weight is 404 g/mol. The van der Waals surface area contributed by atoms with Crippen molar-refractivity contribution in [3.05, 3.63) is 0 Å². The minimum Gasteiger partial charge on any atom is -0.394 e. The van der Waals surface area contributed by atoms with Gasteiger partial charge in [0.25, 0.3) is 0 Å². The molecule has 8 atom stereocenters. The lowest BCUT2D eigenvalue weighted by molar-refractivity contribution is -0.125. The van der Waals surface area contributed by atoms with Crippen LogP contribution in [0.1, 0.15) is 0 Å². The molecule has 0 aliphatic rings. The molecule has 0 rings (SSSR count). The second kappa shape index (κ2) is 11.9. The fraction of sp³-hybridized carbons (Fsp3) is 0.923. The predicted octanol–water partition coefficient (Wildman–Crippen LogP) is -6.60. The third kappa shape index (κ3) is 7.50. The maximum absolute atomic E-state index is 9.91. The van der Waals surface area contributed by atoms with Gasteiger partial charge in [0.2, 0.25) is 0 Å². The lowest BCUT2D eigenvalue weighted by Gasteiger charge is -2.33. The second-order valence-electron chi connectivity index (χ2n) is 5.84. The highest BCUT2D eigenvalue weighted by molar-refractivity contribution is 7.80. The molecule has 0 spiro atoms. The summed E-state index contributed by atoms with van der Waals surface area (Å²) in [5.74, 6) is 0. The summed E-state index contributed by atoms with van der Waals surface area (Å²) >= 11 is 4.72. The molecule has 13 heteroatoms. The Labute approximate surface area is 155 Å². The van der Waals surface area contributed by atoms with Crippen LogP contribution in [0.25, 0.3) is 0 Å². The molecule has 156 valence electrons. The minimum absolute atomic E-state index is 0.364. The number of rotatable bonds is 12. The fourth-order valence-corrected chi connectivity index (χ4v) is 2.20. The van der Waals surface area contributed by atoms with Gasteiger partial charge in [0.1, 0.15) is 48.8 Å². The van der Waals surface area contributed by atoms with Gasteiger partial charge in [-0.15, -0.1) is 0 Å². The van der Waals surface area contributed by atoms with E-state index in [2.05, 4.69) is 0 Å². The second-order valence-corrected chi connectivity index (χ2v) is 6.26. The largest absolute Gasteiger partial charge is 0.394 e. The topological polar surface area (TPSA) is 232 Å². The molecule has 0 saturated heterocycles. The van der Waals surface area contributed by atoms with E-state index in [4.69, 9.17) is 28.2 Å². The van der Waals surface area contributed by atoms with Gasteiger partial charge in [-0.1, -0.05) is 0 Å². The van der Waals surface area contributed by atoms with Crippen LogP contribution in [-0.2, 0) is 0 Å². The van der Waals surface area contributed by atoms with Gasteiger partial charge in [-0.3, -0.25) is 0 Å². The first-order valence-corrected chi connectivity index (χ1v) is 8.09. The molecule has 0 aliphatic carbocycles. The molecule has 12 nitrogen and oxygen atoms in total. The van der Waals surface area contributed by atoms with Crippen LogP contribution in [0.15, 0.2) is 0 Å². The Morgan fingerprint density at radius 3 is 1.15 bits per heavy atom. The van der Waals surface area contributed by atoms with E-state index in [1.165, 1.54) is 0 Å². The molecular formula is C13H28N2O10S. The van der Waals surface area contributed by atoms with Crippen molar-refractivity contribution in [2.45, 2.75) is 48.8 Å². The van der Waals surface area contributed by atoms with Gasteiger partial charge in [-0.2, -0.15) is 0 Å². The first-order chi connectivity index (χ1) is 12.0. The van der Waals surface area contributed by atoms with E-state index < -0.39 is 75.1 Å². The zero-order chi connectivity index (χ0) is 20.6. The van der Waals surface area contributed by atoms with Gasteiger partial charge in [0.15, 0.2) is 5.11 Å². The van der Waals surface area contributed by atoms with Crippen LogP contribution in [0, 0.1) is 0 Å². The third-order valence-electron chi connectivity index (χ3n) is 3.78. The summed E-state index contributed by atoms with van der Waals surface area (Å²) < 4.78 is 0. The number of nitrogens with two attached hydrogens (primary N) is 1. The third-order valence-corrected chi connectivity index (χ3v) is 4.04. The van der Waals surface area contributed by atoms with E-state index in [0.29, 0.717) is 0 Å². The molecule has 0 aliphatic heterocycles. The van der Waals surface area contributed by atoms with Crippen molar-refractivity contribution in [2.24, 2.45) is 5.73 Å². The van der Waals surface area contributed by atoms with E-state index in [-0.39, 0.29) is 5.11 Å². The summed E-state index contributed by atoms with van der Waals surface area (Å²) in [4.78, 5) is 0.938. The highest BCUT2D eigenvalue weighted by atomic mass is 32.1. The lowest BCUT2D eigenvalue weighted by Crippen LogP contribution is -2.55. The average Bonchev–Trinajstić information content (AvgIpc) is 2.62. The van der Waals surface area contributed by atoms with Crippen LogP contribution >= 0.6 is 12.2 Å². The highest BCUT2D eigenvalue weighted by Gasteiger charge is 2.34. The molecule has 0 radical (unpaired) electrons. The summed E-state index contributed by atoms with van der Waals surface area (Å²) in [5, 5.41) is 94.1. The summed E-state index contributed by atoms with van der Waals surface area (Å²) in [6.45, 7) is -2.79. The Balaban J connectivity index is 4.91. The molecule has 12 N–H and O–H groups in total. The van der Waals surface area contributed by atoms with E-state index in [1.807, 2.05) is 0 Å². The van der Waals surface area contributed by atoms with Crippen molar-refractivity contribution >= 4 is 17.3 Å². The molecule has 0 fully saturated rings. The lowest BCUT2D eigenvalue weighted by atomic mass is 10.0. The molecule has 26 heavy (non-hydrogen) atoms. The van der Waals surface area contributed by atoms with Crippen LogP contribution in [0.5, 0.6) is 0 Å². The maximum atomic E-state index is 9.91. The SMILES string of the molecule is NC(=S)N(CC(O)C(O)C(O)C(O)CO)CC(O)C(O)C(O)C(O)CO. The quantitative estimate of drug-likeness (QED) is 0.136. The Bertz CT molecular complexity index is 390. The van der Waals surface area contributed by atoms with E-state index >= 15 is 0 Å². The van der Waals surface area contributed by atoms with Crippen molar-refractivity contribution in [3.8, 4) is 0 Å². The normalized spacial score (nSPS) is 21.2. The molecule has 0 heterocycles. The molecule has 0 aromatic heterocycles. The number of aliphatic hydroxyl groups excluding tert-OH is 10. The van der Waals surface area contributed by atoms with Gasteiger partial charge in [-0.05, 0) is 12.2 Å². The Morgan fingerprint density at radius 1 is 0.654 bits per heavy atom. The highest BCUT2D eigenvalue weighted by Crippen LogP contribution is 2.10. The van der Waals surface area contributed by atoms with Crippen molar-refractivity contribution in [3.63, 3.8) is 0 Å². The van der Waals surface area contributed by atoms with Gasteiger partial charge >= 0.3 is 0 Å². The summed E-state index contributed by atoms with van der Waals surface area (Å²) in [6.07, 6.45) is -14.4. The molecular weight excluding hydrogens is 376 g/mol.